The number of nitrogens with one attached hydrogen (secondary N) is 2. The molecule has 548 valence electrons. The Labute approximate surface area is 585 Å². The van der Waals surface area contributed by atoms with Gasteiger partial charge in [-0.15, -0.1) is 0 Å². The first-order valence-electron chi connectivity index (χ1n) is 34.6. The SMILES string of the molecule is CC[C@H](C(=O)N1CCCC[C@H]1C(=O)OC(CCc1ccc(C)c(C)c1)c1cccc(OCC(=O)NCCOCCOCCOCCOCCOCCOCCOCCOCCOCCCC(=O)COc2cccc3c2C(=O)N(C2CCC(=O)NC2=O)C3=O)c1)c1cc(C)c(OC)c(OC)c1. The molecule has 2 fully saturated rings. The first-order valence-corrected chi connectivity index (χ1v) is 34.6. The van der Waals surface area contributed by atoms with Gasteiger partial charge in [-0.25, -0.2) is 4.79 Å². The molecule has 26 heteroatoms. The highest BCUT2D eigenvalue weighted by Crippen LogP contribution is 2.38. The Kier molecular flexibility index (Phi) is 34.7. The van der Waals surface area contributed by atoms with Gasteiger partial charge in [0.25, 0.3) is 17.7 Å². The number of esters is 1. The van der Waals surface area contributed by atoms with Crippen molar-refractivity contribution in [3.63, 3.8) is 0 Å². The van der Waals surface area contributed by atoms with Gasteiger partial charge in [-0.05, 0) is 136 Å². The van der Waals surface area contributed by atoms with Gasteiger partial charge >= 0.3 is 5.97 Å². The molecule has 26 nitrogen and oxygen atoms in total. The van der Waals surface area contributed by atoms with Crippen molar-refractivity contribution in [2.75, 3.05) is 159 Å². The van der Waals surface area contributed by atoms with E-state index in [0.29, 0.717) is 174 Å². The van der Waals surface area contributed by atoms with E-state index in [-0.39, 0.29) is 80.1 Å². The van der Waals surface area contributed by atoms with Crippen LogP contribution in [-0.2, 0) is 82.6 Å². The monoisotopic (exact) mass is 1400 g/mol. The van der Waals surface area contributed by atoms with Crippen molar-refractivity contribution in [2.45, 2.75) is 116 Å². The first-order chi connectivity index (χ1) is 48.6. The Hall–Kier alpha value is -7.92. The van der Waals surface area contributed by atoms with Crippen LogP contribution in [0.4, 0.5) is 0 Å². The number of carbonyl (C=O) groups is 8. The predicted octanol–water partition coefficient (Wildman–Crippen LogP) is 6.89. The van der Waals surface area contributed by atoms with Crippen LogP contribution in [0.15, 0.2) is 72.8 Å². The maximum Gasteiger partial charge on any atom is 0.329 e. The van der Waals surface area contributed by atoms with Crippen LogP contribution in [-0.4, -0.2) is 229 Å². The zero-order valence-corrected chi connectivity index (χ0v) is 58.7. The molecular formula is C74H100N4O22. The minimum absolute atomic E-state index is 0.00693. The largest absolute Gasteiger partial charge is 0.493 e. The number of piperidine rings is 2. The predicted molar refractivity (Wildman–Crippen MR) is 365 cm³/mol. The number of methoxy groups -OCH3 is 2. The molecular weight excluding hydrogens is 1300 g/mol. The van der Waals surface area contributed by atoms with E-state index in [1.54, 1.807) is 31.3 Å². The van der Waals surface area contributed by atoms with E-state index in [1.807, 2.05) is 38.1 Å². The van der Waals surface area contributed by atoms with Crippen LogP contribution in [0.2, 0.25) is 0 Å². The highest BCUT2D eigenvalue weighted by molar-refractivity contribution is 6.24. The molecule has 2 unspecified atom stereocenters. The summed E-state index contributed by atoms with van der Waals surface area (Å²) in [7, 11) is 3.16. The fourth-order valence-corrected chi connectivity index (χ4v) is 11.7. The first kappa shape index (κ1) is 79.4. The van der Waals surface area contributed by atoms with Gasteiger partial charge in [0.05, 0.1) is 144 Å². The summed E-state index contributed by atoms with van der Waals surface area (Å²) in [5, 5.41) is 4.98. The van der Waals surface area contributed by atoms with Crippen molar-refractivity contribution < 1.29 is 105 Å². The second-order valence-electron chi connectivity index (χ2n) is 24.2. The average molecular weight is 1400 g/mol. The number of hydrogen-bond acceptors (Lipinski definition) is 22. The molecule has 6 amide bonds. The van der Waals surface area contributed by atoms with Crippen molar-refractivity contribution in [1.82, 2.24) is 20.4 Å². The summed E-state index contributed by atoms with van der Waals surface area (Å²) in [6, 6.07) is 20.0. The number of carbonyl (C=O) groups excluding carboxylic acids is 8. The Balaban J connectivity index is 0.639. The Bertz CT molecular complexity index is 3290. The third-order valence-electron chi connectivity index (χ3n) is 17.1. The van der Waals surface area contributed by atoms with E-state index in [2.05, 4.69) is 42.7 Å². The minimum Gasteiger partial charge on any atom is -0.493 e. The molecule has 3 aliphatic rings. The number of fused-ring (bicyclic) bond motifs is 1. The van der Waals surface area contributed by atoms with E-state index in [4.69, 9.17) is 66.3 Å². The number of imide groups is 2. The molecule has 3 heterocycles. The van der Waals surface area contributed by atoms with Crippen LogP contribution >= 0.6 is 0 Å². The highest BCUT2D eigenvalue weighted by atomic mass is 16.6. The fraction of sp³-hybridized carbons (Fsp3) is 0.568. The second kappa shape index (κ2) is 43.7. The molecule has 0 radical (unpaired) electrons. The molecule has 100 heavy (non-hydrogen) atoms. The van der Waals surface area contributed by atoms with E-state index in [0.717, 1.165) is 34.4 Å². The van der Waals surface area contributed by atoms with Crippen molar-refractivity contribution in [3.05, 3.63) is 117 Å². The second-order valence-corrected chi connectivity index (χ2v) is 24.2. The van der Waals surface area contributed by atoms with E-state index >= 15 is 0 Å². The molecule has 2 saturated heterocycles. The average Bonchev–Trinajstić information content (AvgIpc) is 1.59. The van der Waals surface area contributed by atoms with Gasteiger partial charge in [0.1, 0.15) is 36.3 Å². The van der Waals surface area contributed by atoms with Crippen LogP contribution < -0.4 is 29.6 Å². The summed E-state index contributed by atoms with van der Waals surface area (Å²) in [6.45, 7) is 15.1. The van der Waals surface area contributed by atoms with Gasteiger partial charge in [-0.3, -0.25) is 43.8 Å². The summed E-state index contributed by atoms with van der Waals surface area (Å²) in [5.74, 6) is -2.48. The summed E-state index contributed by atoms with van der Waals surface area (Å²) >= 11 is 0. The van der Waals surface area contributed by atoms with Gasteiger partial charge in [0.2, 0.25) is 17.7 Å². The maximum atomic E-state index is 14.5. The fourth-order valence-electron chi connectivity index (χ4n) is 11.7. The van der Waals surface area contributed by atoms with Gasteiger partial charge in [-0.2, -0.15) is 0 Å². The van der Waals surface area contributed by atoms with Crippen LogP contribution in [0.3, 0.4) is 0 Å². The molecule has 4 atom stereocenters. The Morgan fingerprint density at radius 3 is 1.82 bits per heavy atom. The standard InChI is InChI=1S/C74H100N4O22/c1-7-59(56-46-53(4)69(88-6)65(48-56)87-5)71(83)77-26-9-8-17-62(77)74(86)100-63(23-21-54-20-19-51(2)52(3)45-54)55-13-10-15-58(47-55)98-50-67(81)75-25-28-90-30-32-92-34-36-94-38-40-96-42-44-97-43-41-95-39-37-93-35-33-91-31-29-89-27-12-14-57(79)49-99-64-18-11-16-60-68(64)73(85)78(72(60)84)61-22-24-66(80)76-70(61)82/h10-11,13,15-16,18-20,45-48,59,61-63H,7-9,12,14,17,21-44,49-50H2,1-6H3,(H,75,81)(H,76,80,82)/t59-,61?,62-,63?/m0/s1. The van der Waals surface area contributed by atoms with Gasteiger partial charge in [-0.1, -0.05) is 49.4 Å². The van der Waals surface area contributed by atoms with Crippen LogP contribution in [0.5, 0.6) is 23.0 Å². The molecule has 7 rings (SSSR count). The number of rotatable bonds is 49. The Morgan fingerprint density at radius 2 is 1.22 bits per heavy atom. The number of nitrogens with zero attached hydrogens (tertiary/aromatic N) is 2. The number of likely N-dealkylation sites (tertiary alicyclic amines) is 1. The quantitative estimate of drug-likeness (QED) is 0.0258. The third-order valence-corrected chi connectivity index (χ3v) is 17.1. The van der Waals surface area contributed by atoms with Crippen LogP contribution in [0.1, 0.15) is 131 Å². The topological polar surface area (TPSA) is 296 Å². The molecule has 4 aromatic rings. The zero-order valence-electron chi connectivity index (χ0n) is 58.7. The molecule has 0 saturated carbocycles. The molecule has 0 bridgehead atoms. The zero-order chi connectivity index (χ0) is 71.4. The molecule has 0 aromatic heterocycles. The highest BCUT2D eigenvalue weighted by Gasteiger charge is 2.46. The number of hydrogen-bond donors (Lipinski definition) is 2. The van der Waals surface area contributed by atoms with Crippen molar-refractivity contribution in [2.24, 2.45) is 0 Å². The lowest BCUT2D eigenvalue weighted by molar-refractivity contribution is -0.162. The van der Waals surface area contributed by atoms with Crippen molar-refractivity contribution >= 4 is 47.2 Å². The van der Waals surface area contributed by atoms with Crippen molar-refractivity contribution in [3.8, 4) is 23.0 Å². The normalized spacial score (nSPS) is 15.9. The number of Topliss-reactive ketones (excluding diaryl/α,β-unsaturated/α-hetero) is 1. The van der Waals surface area contributed by atoms with Crippen LogP contribution in [0.25, 0.3) is 0 Å². The summed E-state index contributed by atoms with van der Waals surface area (Å²) in [4.78, 5) is 107. The number of aryl methyl sites for hydroxylation is 4. The smallest absolute Gasteiger partial charge is 0.329 e. The van der Waals surface area contributed by atoms with Crippen molar-refractivity contribution in [1.29, 1.82) is 0 Å². The molecule has 0 spiro atoms. The number of benzene rings is 4. The third kappa shape index (κ3) is 25.3. The van der Waals surface area contributed by atoms with Gasteiger partial charge < -0.3 is 76.5 Å². The lowest BCUT2D eigenvalue weighted by Gasteiger charge is -2.37. The number of amides is 6. The minimum atomic E-state index is -1.10. The van der Waals surface area contributed by atoms with E-state index < -0.39 is 53.7 Å². The summed E-state index contributed by atoms with van der Waals surface area (Å²) < 4.78 is 79.3. The lowest BCUT2D eigenvalue weighted by Crippen LogP contribution is -2.54. The number of ketones is 1. The molecule has 4 aromatic carbocycles. The summed E-state index contributed by atoms with van der Waals surface area (Å²) in [6.07, 6.45) is 3.70. The Morgan fingerprint density at radius 1 is 0.600 bits per heavy atom. The van der Waals surface area contributed by atoms with E-state index in [9.17, 15) is 38.4 Å². The lowest BCUT2D eigenvalue weighted by atomic mass is 9.91. The maximum absolute atomic E-state index is 14.5. The van der Waals surface area contributed by atoms with Crippen LogP contribution in [0, 0.1) is 20.8 Å². The van der Waals surface area contributed by atoms with Gasteiger partial charge in [0.15, 0.2) is 23.9 Å². The molecule has 2 N–H and O–H groups in total. The van der Waals surface area contributed by atoms with E-state index in [1.165, 1.54) is 29.3 Å². The number of ether oxygens (including phenoxy) is 14. The molecule has 3 aliphatic heterocycles. The van der Waals surface area contributed by atoms with Gasteiger partial charge in [0, 0.05) is 32.5 Å². The molecule has 0 aliphatic carbocycles. The summed E-state index contributed by atoms with van der Waals surface area (Å²) in [5.41, 5.74) is 5.91.